The van der Waals surface area contributed by atoms with Crippen molar-refractivity contribution in [2.45, 2.75) is 26.2 Å². The number of benzene rings is 1. The maximum atomic E-state index is 5.24. The van der Waals surface area contributed by atoms with Crippen LogP contribution in [0.3, 0.4) is 0 Å². The van der Waals surface area contributed by atoms with E-state index in [1.807, 2.05) is 24.4 Å². The standard InChI is InChI=1S/C14H21NO2/c1-4-5-6-9-15-11-12-7-8-13(16-2)14(10-12)17-3/h7-8,10-11H,4-6,9H2,1-3H3. The van der Waals surface area contributed by atoms with Gasteiger partial charge >= 0.3 is 0 Å². The van der Waals surface area contributed by atoms with Gasteiger partial charge in [-0.1, -0.05) is 19.8 Å². The molecule has 0 fully saturated rings. The first-order chi connectivity index (χ1) is 8.31. The molecule has 0 bridgehead atoms. The van der Waals surface area contributed by atoms with E-state index in [-0.39, 0.29) is 0 Å². The van der Waals surface area contributed by atoms with E-state index in [2.05, 4.69) is 11.9 Å². The second-order valence-corrected chi connectivity index (χ2v) is 3.86. The molecule has 0 aromatic heterocycles. The molecule has 0 saturated heterocycles. The minimum atomic E-state index is 0.741. The lowest BCUT2D eigenvalue weighted by atomic mass is 10.2. The van der Waals surface area contributed by atoms with Gasteiger partial charge in [-0.2, -0.15) is 0 Å². The monoisotopic (exact) mass is 235 g/mol. The van der Waals surface area contributed by atoms with Gasteiger partial charge < -0.3 is 9.47 Å². The quantitative estimate of drug-likeness (QED) is 0.536. The van der Waals surface area contributed by atoms with Gasteiger partial charge in [-0.05, 0) is 30.2 Å². The van der Waals surface area contributed by atoms with Crippen molar-refractivity contribution >= 4 is 6.21 Å². The predicted octanol–water partition coefficient (Wildman–Crippen LogP) is 3.31. The molecule has 0 radical (unpaired) electrons. The first-order valence-corrected chi connectivity index (χ1v) is 6.03. The Balaban J connectivity index is 2.59. The average Bonchev–Trinajstić information content (AvgIpc) is 2.38. The number of rotatable bonds is 7. The molecule has 1 rings (SSSR count). The van der Waals surface area contributed by atoms with Crippen molar-refractivity contribution in [2.75, 3.05) is 20.8 Å². The number of aliphatic imine (C=N–C) groups is 1. The SMILES string of the molecule is CCCCCN=Cc1ccc(OC)c(OC)c1. The van der Waals surface area contributed by atoms with Crippen molar-refractivity contribution in [1.82, 2.24) is 0 Å². The topological polar surface area (TPSA) is 30.8 Å². The molecule has 1 aromatic rings. The van der Waals surface area contributed by atoms with Crippen LogP contribution in [0.15, 0.2) is 23.2 Å². The highest BCUT2D eigenvalue weighted by molar-refractivity contribution is 5.80. The summed E-state index contributed by atoms with van der Waals surface area (Å²) < 4.78 is 10.4. The molecule has 0 N–H and O–H groups in total. The number of hydrogen-bond acceptors (Lipinski definition) is 3. The summed E-state index contributed by atoms with van der Waals surface area (Å²) in [6, 6.07) is 5.80. The molecule has 17 heavy (non-hydrogen) atoms. The third-order valence-corrected chi connectivity index (χ3v) is 2.54. The third-order valence-electron chi connectivity index (χ3n) is 2.54. The van der Waals surface area contributed by atoms with Crippen molar-refractivity contribution in [3.8, 4) is 11.5 Å². The van der Waals surface area contributed by atoms with E-state index in [9.17, 15) is 0 Å². The third kappa shape index (κ3) is 4.47. The molecule has 94 valence electrons. The van der Waals surface area contributed by atoms with E-state index in [0.717, 1.165) is 30.0 Å². The van der Waals surface area contributed by atoms with E-state index in [0.29, 0.717) is 0 Å². The number of methoxy groups -OCH3 is 2. The largest absolute Gasteiger partial charge is 0.493 e. The Labute approximate surface area is 103 Å². The summed E-state index contributed by atoms with van der Waals surface area (Å²) in [4.78, 5) is 4.39. The summed E-state index contributed by atoms with van der Waals surface area (Å²) in [5.41, 5.74) is 1.04. The van der Waals surface area contributed by atoms with Gasteiger partial charge in [-0.15, -0.1) is 0 Å². The molecule has 0 aliphatic rings. The second kappa shape index (κ2) is 7.71. The highest BCUT2D eigenvalue weighted by Gasteiger charge is 2.02. The summed E-state index contributed by atoms with van der Waals surface area (Å²) in [6.07, 6.45) is 5.51. The average molecular weight is 235 g/mol. The van der Waals surface area contributed by atoms with Gasteiger partial charge in [0.1, 0.15) is 0 Å². The number of hydrogen-bond donors (Lipinski definition) is 0. The van der Waals surface area contributed by atoms with Crippen molar-refractivity contribution in [3.05, 3.63) is 23.8 Å². The van der Waals surface area contributed by atoms with Crippen LogP contribution < -0.4 is 9.47 Å². The minimum Gasteiger partial charge on any atom is -0.493 e. The Morgan fingerprint density at radius 3 is 2.53 bits per heavy atom. The van der Waals surface area contributed by atoms with Crippen LogP contribution >= 0.6 is 0 Å². The molecule has 0 spiro atoms. The highest BCUT2D eigenvalue weighted by Crippen LogP contribution is 2.26. The fraction of sp³-hybridized carbons (Fsp3) is 0.500. The Morgan fingerprint density at radius 2 is 1.88 bits per heavy atom. The summed E-state index contributed by atoms with van der Waals surface area (Å²) in [7, 11) is 3.27. The van der Waals surface area contributed by atoms with Gasteiger partial charge in [0.2, 0.25) is 0 Å². The van der Waals surface area contributed by atoms with Gasteiger partial charge in [0.25, 0.3) is 0 Å². The van der Waals surface area contributed by atoms with Crippen molar-refractivity contribution in [3.63, 3.8) is 0 Å². The van der Waals surface area contributed by atoms with E-state index >= 15 is 0 Å². The smallest absolute Gasteiger partial charge is 0.161 e. The maximum Gasteiger partial charge on any atom is 0.161 e. The molecule has 0 aliphatic heterocycles. The van der Waals surface area contributed by atoms with Gasteiger partial charge in [-0.25, -0.2) is 0 Å². The van der Waals surface area contributed by atoms with Crippen LogP contribution in [0, 0.1) is 0 Å². The van der Waals surface area contributed by atoms with E-state index in [1.165, 1.54) is 12.8 Å². The van der Waals surface area contributed by atoms with Gasteiger partial charge in [-0.3, -0.25) is 4.99 Å². The zero-order chi connectivity index (χ0) is 12.5. The molecule has 0 heterocycles. The maximum absolute atomic E-state index is 5.24. The summed E-state index contributed by atoms with van der Waals surface area (Å²) in [5.74, 6) is 1.49. The normalized spacial score (nSPS) is 10.8. The zero-order valence-electron chi connectivity index (χ0n) is 10.9. The molecule has 1 aromatic carbocycles. The molecular weight excluding hydrogens is 214 g/mol. The van der Waals surface area contributed by atoms with Crippen LogP contribution in [-0.2, 0) is 0 Å². The summed E-state index contributed by atoms with van der Waals surface area (Å²) in [6.45, 7) is 3.08. The fourth-order valence-corrected chi connectivity index (χ4v) is 1.56. The number of nitrogens with zero attached hydrogens (tertiary/aromatic N) is 1. The van der Waals surface area contributed by atoms with Crippen LogP contribution in [0.1, 0.15) is 31.7 Å². The van der Waals surface area contributed by atoms with Crippen LogP contribution in [0.2, 0.25) is 0 Å². The number of ether oxygens (including phenoxy) is 2. The Hall–Kier alpha value is -1.51. The second-order valence-electron chi connectivity index (χ2n) is 3.86. The number of unbranched alkanes of at least 4 members (excludes halogenated alkanes) is 2. The molecule has 0 amide bonds. The van der Waals surface area contributed by atoms with Gasteiger partial charge in [0.05, 0.1) is 14.2 Å². The van der Waals surface area contributed by atoms with Crippen LogP contribution in [0.4, 0.5) is 0 Å². The lowest BCUT2D eigenvalue weighted by molar-refractivity contribution is 0.355. The zero-order valence-corrected chi connectivity index (χ0v) is 10.9. The Kier molecular flexibility index (Phi) is 6.15. The van der Waals surface area contributed by atoms with E-state index < -0.39 is 0 Å². The first kappa shape index (κ1) is 13.6. The lowest BCUT2D eigenvalue weighted by Crippen LogP contribution is -1.92. The first-order valence-electron chi connectivity index (χ1n) is 6.03. The Morgan fingerprint density at radius 1 is 1.12 bits per heavy atom. The van der Waals surface area contributed by atoms with Gasteiger partial charge in [0, 0.05) is 12.8 Å². The van der Waals surface area contributed by atoms with Crippen LogP contribution in [0.25, 0.3) is 0 Å². The molecule has 3 nitrogen and oxygen atoms in total. The molecular formula is C14H21NO2. The van der Waals surface area contributed by atoms with Gasteiger partial charge in [0.15, 0.2) is 11.5 Å². The minimum absolute atomic E-state index is 0.741. The lowest BCUT2D eigenvalue weighted by Gasteiger charge is -2.07. The fourth-order valence-electron chi connectivity index (χ4n) is 1.56. The van der Waals surface area contributed by atoms with Crippen molar-refractivity contribution in [2.24, 2.45) is 4.99 Å². The van der Waals surface area contributed by atoms with Crippen molar-refractivity contribution in [1.29, 1.82) is 0 Å². The molecule has 0 aliphatic carbocycles. The Bertz CT molecular complexity index is 361. The highest BCUT2D eigenvalue weighted by atomic mass is 16.5. The van der Waals surface area contributed by atoms with Crippen molar-refractivity contribution < 1.29 is 9.47 Å². The molecule has 0 atom stereocenters. The molecule has 0 saturated carbocycles. The predicted molar refractivity (Wildman–Crippen MR) is 71.5 cm³/mol. The molecule has 0 unspecified atom stereocenters. The van der Waals surface area contributed by atoms with E-state index in [1.54, 1.807) is 14.2 Å². The van der Waals surface area contributed by atoms with E-state index in [4.69, 9.17) is 9.47 Å². The van der Waals surface area contributed by atoms with Crippen LogP contribution in [0.5, 0.6) is 11.5 Å². The summed E-state index contributed by atoms with van der Waals surface area (Å²) >= 11 is 0. The molecule has 3 heteroatoms. The summed E-state index contributed by atoms with van der Waals surface area (Å²) in [5, 5.41) is 0. The van der Waals surface area contributed by atoms with Crippen LogP contribution in [-0.4, -0.2) is 27.0 Å².